The van der Waals surface area contributed by atoms with E-state index in [1.165, 1.54) is 99.0 Å². The molecular formula is C85H51BN4O. The molecule has 17 aromatic rings. The van der Waals surface area contributed by atoms with E-state index < -0.39 is 5.41 Å². The van der Waals surface area contributed by atoms with Gasteiger partial charge in [0.25, 0.3) is 6.71 Å². The quantitative estimate of drug-likeness (QED) is 0.161. The van der Waals surface area contributed by atoms with Crippen LogP contribution in [0.25, 0.3) is 110 Å². The average Bonchev–Trinajstić information content (AvgIpc) is 1.63. The maximum absolute atomic E-state index is 6.93. The molecule has 91 heavy (non-hydrogen) atoms. The lowest BCUT2D eigenvalue weighted by atomic mass is 9.33. The monoisotopic (exact) mass is 1150 g/mol. The first-order chi connectivity index (χ1) is 45.2. The maximum atomic E-state index is 6.93. The van der Waals surface area contributed by atoms with Gasteiger partial charge in [0.15, 0.2) is 0 Å². The van der Waals surface area contributed by atoms with E-state index in [4.69, 9.17) is 4.42 Å². The molecular weight excluding hydrogens is 1100 g/mol. The fraction of sp³-hybridized carbons (Fsp3) is 0.0118. The van der Waals surface area contributed by atoms with E-state index in [0.29, 0.717) is 0 Å². The zero-order chi connectivity index (χ0) is 59.2. The standard InChI is InChI=1S/C85H51BN4O/c1-2-20-52(21-3-1)53-38-40-54(41-39-53)90-79-51-57(89-75-35-17-9-27-64(75)65-28-10-18-36-76(65)89)50-78-83(79)86(72-46-47-81-82(84(72)90)66-29-11-19-37-80(66)91-81)71-45-43-56(87-73-33-15-7-25-62(73)63-26-8-16-34-74(63)87)49-77(71)88(78)55-42-44-61-60-24-6-14-32-69(60)85(70(61)48-55)67-30-12-4-22-58(67)59-23-5-13-31-68(59)85/h1-51H. The van der Waals surface area contributed by atoms with E-state index >= 15 is 0 Å². The number of para-hydroxylation sites is 5. The number of furan rings is 1. The SMILES string of the molecule is c1ccc(-c2ccc(N3c4cc(-n5c6ccccc6c6ccccc65)cc5c4B(c4ccc(-n6c7ccccc7c7ccccc76)cc4N5c4ccc5c(c4)C4(c6ccccc6-c6ccccc64)c4ccccc4-5)c4ccc5oc6ccccc6c5c43)cc2)cc1. The summed E-state index contributed by atoms with van der Waals surface area (Å²) < 4.78 is 11.9. The van der Waals surface area contributed by atoms with Gasteiger partial charge in [-0.05, 0) is 157 Å². The van der Waals surface area contributed by atoms with Gasteiger partial charge in [-0.25, -0.2) is 0 Å². The number of nitrogens with zero attached hydrogens (tertiary/aromatic N) is 4. The van der Waals surface area contributed by atoms with E-state index in [1.807, 2.05) is 0 Å². The molecule has 5 heterocycles. The fourth-order valence-electron chi connectivity index (χ4n) is 17.1. The third-order valence-electron chi connectivity index (χ3n) is 20.7. The minimum atomic E-state index is -0.564. The summed E-state index contributed by atoms with van der Waals surface area (Å²) in [5.41, 5.74) is 31.0. The van der Waals surface area contributed by atoms with Crippen LogP contribution in [0.4, 0.5) is 34.1 Å². The first kappa shape index (κ1) is 49.2. The van der Waals surface area contributed by atoms with Gasteiger partial charge in [0, 0.05) is 61.1 Å². The van der Waals surface area contributed by atoms with Crippen LogP contribution in [0.2, 0.25) is 0 Å². The van der Waals surface area contributed by atoms with E-state index in [0.717, 1.165) is 84.0 Å². The Morgan fingerprint density at radius 1 is 0.286 bits per heavy atom. The topological polar surface area (TPSA) is 29.5 Å². The second-order valence-corrected chi connectivity index (χ2v) is 25.0. The Balaban J connectivity index is 0.918. The van der Waals surface area contributed by atoms with Crippen LogP contribution >= 0.6 is 0 Å². The van der Waals surface area contributed by atoms with Gasteiger partial charge in [0.05, 0.1) is 44.2 Å². The van der Waals surface area contributed by atoms with Crippen molar-refractivity contribution in [2.75, 3.05) is 9.80 Å². The Hall–Kier alpha value is -11.9. The second kappa shape index (κ2) is 18.1. The van der Waals surface area contributed by atoms with Crippen molar-refractivity contribution in [3.8, 4) is 44.8 Å². The Morgan fingerprint density at radius 2 is 0.736 bits per heavy atom. The molecule has 420 valence electrons. The lowest BCUT2D eigenvalue weighted by Gasteiger charge is -2.45. The van der Waals surface area contributed by atoms with Crippen LogP contribution < -0.4 is 26.2 Å². The highest BCUT2D eigenvalue weighted by atomic mass is 16.3. The summed E-state index contributed by atoms with van der Waals surface area (Å²) in [6.45, 7) is -0.206. The summed E-state index contributed by atoms with van der Waals surface area (Å²) in [6.07, 6.45) is 0. The largest absolute Gasteiger partial charge is 0.456 e. The molecule has 0 radical (unpaired) electrons. The van der Waals surface area contributed by atoms with Crippen molar-refractivity contribution in [3.05, 3.63) is 332 Å². The molecule has 0 bridgehead atoms. The number of aromatic nitrogens is 2. The minimum absolute atomic E-state index is 0.206. The molecule has 14 aromatic carbocycles. The molecule has 1 spiro atoms. The molecule has 0 atom stereocenters. The van der Waals surface area contributed by atoms with Crippen molar-refractivity contribution in [2.24, 2.45) is 0 Å². The zero-order valence-corrected chi connectivity index (χ0v) is 49.2. The molecule has 4 aliphatic rings. The van der Waals surface area contributed by atoms with Gasteiger partial charge in [-0.15, -0.1) is 0 Å². The highest BCUT2D eigenvalue weighted by molar-refractivity contribution is 7.00. The van der Waals surface area contributed by atoms with Crippen LogP contribution in [0.1, 0.15) is 22.3 Å². The van der Waals surface area contributed by atoms with Crippen molar-refractivity contribution >= 4 is 123 Å². The van der Waals surface area contributed by atoms with Crippen LogP contribution in [0.3, 0.4) is 0 Å². The molecule has 21 rings (SSSR count). The lowest BCUT2D eigenvalue weighted by molar-refractivity contribution is 0.669. The van der Waals surface area contributed by atoms with Crippen LogP contribution in [0.15, 0.2) is 314 Å². The van der Waals surface area contributed by atoms with Gasteiger partial charge < -0.3 is 23.4 Å². The van der Waals surface area contributed by atoms with Crippen molar-refractivity contribution in [2.45, 2.75) is 5.41 Å². The number of rotatable bonds is 5. The van der Waals surface area contributed by atoms with Gasteiger partial charge in [0.2, 0.25) is 0 Å². The van der Waals surface area contributed by atoms with Crippen LogP contribution in [0, 0.1) is 0 Å². The Labute approximate surface area is 524 Å². The van der Waals surface area contributed by atoms with Gasteiger partial charge in [0.1, 0.15) is 11.2 Å². The van der Waals surface area contributed by atoms with Gasteiger partial charge in [-0.3, -0.25) is 0 Å². The second-order valence-electron chi connectivity index (χ2n) is 25.0. The summed E-state index contributed by atoms with van der Waals surface area (Å²) in [5.74, 6) is 0. The third kappa shape index (κ3) is 6.44. The van der Waals surface area contributed by atoms with Gasteiger partial charge in [-0.2, -0.15) is 0 Å². The van der Waals surface area contributed by atoms with Crippen molar-refractivity contribution in [3.63, 3.8) is 0 Å². The summed E-state index contributed by atoms with van der Waals surface area (Å²) >= 11 is 0. The van der Waals surface area contributed by atoms with E-state index in [9.17, 15) is 0 Å². The number of hydrogen-bond acceptors (Lipinski definition) is 3. The molecule has 0 saturated carbocycles. The fourth-order valence-corrected chi connectivity index (χ4v) is 17.1. The highest BCUT2D eigenvalue weighted by Gasteiger charge is 2.52. The Morgan fingerprint density at radius 3 is 1.34 bits per heavy atom. The molecule has 0 amide bonds. The molecule has 5 nitrogen and oxygen atoms in total. The van der Waals surface area contributed by atoms with Crippen molar-refractivity contribution in [1.29, 1.82) is 0 Å². The van der Waals surface area contributed by atoms with Crippen LogP contribution in [-0.4, -0.2) is 15.8 Å². The molecule has 0 N–H and O–H groups in total. The normalized spacial score (nSPS) is 13.7. The molecule has 0 saturated heterocycles. The Bertz CT molecular complexity index is 5840. The molecule has 3 aromatic heterocycles. The van der Waals surface area contributed by atoms with E-state index in [2.05, 4.69) is 328 Å². The van der Waals surface area contributed by atoms with Gasteiger partial charge >= 0.3 is 0 Å². The van der Waals surface area contributed by atoms with Crippen LogP contribution in [-0.2, 0) is 5.41 Å². The first-order valence-corrected chi connectivity index (χ1v) is 31.6. The molecule has 0 fully saturated rings. The minimum Gasteiger partial charge on any atom is -0.456 e. The van der Waals surface area contributed by atoms with Crippen LogP contribution in [0.5, 0.6) is 0 Å². The van der Waals surface area contributed by atoms with Crippen molar-refractivity contribution < 1.29 is 4.42 Å². The summed E-state index contributed by atoms with van der Waals surface area (Å²) in [7, 11) is 0. The first-order valence-electron chi connectivity index (χ1n) is 31.6. The third-order valence-corrected chi connectivity index (χ3v) is 20.7. The number of benzene rings is 14. The summed E-state index contributed by atoms with van der Waals surface area (Å²) in [4.78, 5) is 5.23. The molecule has 6 heteroatoms. The predicted molar refractivity (Wildman–Crippen MR) is 378 cm³/mol. The summed E-state index contributed by atoms with van der Waals surface area (Å²) in [5, 5.41) is 7.07. The highest BCUT2D eigenvalue weighted by Crippen LogP contribution is 2.64. The number of hydrogen-bond donors (Lipinski definition) is 0. The Kier molecular flexibility index (Phi) is 9.80. The van der Waals surface area contributed by atoms with Gasteiger partial charge in [-0.1, -0.05) is 224 Å². The smallest absolute Gasteiger partial charge is 0.252 e. The lowest BCUT2D eigenvalue weighted by Crippen LogP contribution is -2.61. The maximum Gasteiger partial charge on any atom is 0.252 e. The molecule has 0 unspecified atom stereocenters. The number of fused-ring (bicyclic) bond motifs is 24. The van der Waals surface area contributed by atoms with E-state index in [-0.39, 0.29) is 6.71 Å². The van der Waals surface area contributed by atoms with Crippen molar-refractivity contribution in [1.82, 2.24) is 9.13 Å². The average molecular weight is 1160 g/mol. The molecule has 2 aliphatic heterocycles. The van der Waals surface area contributed by atoms with E-state index in [1.54, 1.807) is 0 Å². The molecule has 2 aliphatic carbocycles. The predicted octanol–water partition coefficient (Wildman–Crippen LogP) is 19.9. The summed E-state index contributed by atoms with van der Waals surface area (Å²) in [6, 6.07) is 116. The zero-order valence-electron chi connectivity index (χ0n) is 49.2. The number of anilines is 6.